The Hall–Kier alpha value is -1.12. The molecule has 0 bridgehead atoms. The van der Waals surface area contributed by atoms with Gasteiger partial charge in [0.1, 0.15) is 12.7 Å². The SMILES string of the molecule is O=C1OCC(CC(F)(F)C(F)(F)OF)O1. The van der Waals surface area contributed by atoms with E-state index in [1.165, 1.54) is 0 Å². The summed E-state index contributed by atoms with van der Waals surface area (Å²) in [5.41, 5.74) is 0. The molecule has 0 aliphatic carbocycles. The van der Waals surface area contributed by atoms with E-state index < -0.39 is 37.3 Å². The summed E-state index contributed by atoms with van der Waals surface area (Å²) < 4.78 is 68.9. The molecule has 1 atom stereocenters. The van der Waals surface area contributed by atoms with Crippen molar-refractivity contribution in [2.24, 2.45) is 0 Å². The molecule has 4 nitrogen and oxygen atoms in total. The van der Waals surface area contributed by atoms with Crippen molar-refractivity contribution in [3.8, 4) is 0 Å². The zero-order valence-corrected chi connectivity index (χ0v) is 7.01. The molecule has 1 unspecified atom stereocenters. The number of hydrogen-bond acceptors (Lipinski definition) is 4. The van der Waals surface area contributed by atoms with Gasteiger partial charge in [0.25, 0.3) is 0 Å². The summed E-state index contributed by atoms with van der Waals surface area (Å²) in [6, 6.07) is 0. The monoisotopic (exact) mass is 236 g/mol. The van der Waals surface area contributed by atoms with Crippen molar-refractivity contribution in [3.05, 3.63) is 0 Å². The van der Waals surface area contributed by atoms with Gasteiger partial charge in [0.15, 0.2) is 0 Å². The maximum Gasteiger partial charge on any atom is 0.508 e. The van der Waals surface area contributed by atoms with Crippen LogP contribution < -0.4 is 0 Å². The quantitative estimate of drug-likeness (QED) is 0.553. The average Bonchev–Trinajstić information content (AvgIpc) is 2.50. The minimum Gasteiger partial charge on any atom is -0.430 e. The fourth-order valence-electron chi connectivity index (χ4n) is 0.927. The van der Waals surface area contributed by atoms with Crippen LogP contribution in [0.15, 0.2) is 0 Å². The summed E-state index contributed by atoms with van der Waals surface area (Å²) in [5, 5.41) is 0. The topological polar surface area (TPSA) is 44.8 Å². The van der Waals surface area contributed by atoms with Crippen molar-refractivity contribution in [1.82, 2.24) is 0 Å². The molecule has 0 N–H and O–H groups in total. The maximum atomic E-state index is 12.6. The summed E-state index contributed by atoms with van der Waals surface area (Å²) in [5.74, 6) is -4.79. The first-order valence-electron chi connectivity index (χ1n) is 3.67. The first-order valence-corrected chi connectivity index (χ1v) is 3.67. The van der Waals surface area contributed by atoms with Gasteiger partial charge in [-0.2, -0.15) is 17.6 Å². The zero-order valence-electron chi connectivity index (χ0n) is 7.01. The Morgan fingerprint density at radius 2 is 2.00 bits per heavy atom. The summed E-state index contributed by atoms with van der Waals surface area (Å²) in [6.07, 6.45) is -9.63. The molecule has 1 heterocycles. The Bertz CT molecular complexity index is 256. The van der Waals surface area contributed by atoms with Crippen molar-refractivity contribution in [2.45, 2.75) is 24.6 Å². The number of carbonyl (C=O) groups is 1. The third-order valence-electron chi connectivity index (χ3n) is 1.66. The first-order chi connectivity index (χ1) is 6.78. The van der Waals surface area contributed by atoms with E-state index in [9.17, 15) is 26.9 Å². The van der Waals surface area contributed by atoms with E-state index in [0.29, 0.717) is 0 Å². The molecule has 0 aromatic rings. The van der Waals surface area contributed by atoms with Gasteiger partial charge in [-0.05, 0) is 4.53 Å². The third-order valence-corrected chi connectivity index (χ3v) is 1.66. The molecule has 1 saturated heterocycles. The van der Waals surface area contributed by atoms with Crippen LogP contribution in [0.4, 0.5) is 26.9 Å². The molecule has 0 aromatic heterocycles. The molecule has 0 radical (unpaired) electrons. The molecule has 1 fully saturated rings. The van der Waals surface area contributed by atoms with Crippen molar-refractivity contribution < 1.29 is 41.3 Å². The van der Waals surface area contributed by atoms with Gasteiger partial charge in [-0.25, -0.2) is 4.79 Å². The lowest BCUT2D eigenvalue weighted by Crippen LogP contribution is -2.44. The van der Waals surface area contributed by atoms with Crippen molar-refractivity contribution in [2.75, 3.05) is 6.61 Å². The van der Waals surface area contributed by atoms with Crippen LogP contribution in [-0.2, 0) is 14.4 Å². The van der Waals surface area contributed by atoms with Crippen molar-refractivity contribution in [1.29, 1.82) is 0 Å². The van der Waals surface area contributed by atoms with Gasteiger partial charge in [0, 0.05) is 0 Å². The molecule has 88 valence electrons. The normalized spacial score (nSPS) is 22.5. The van der Waals surface area contributed by atoms with Crippen LogP contribution in [-0.4, -0.2) is 30.9 Å². The van der Waals surface area contributed by atoms with Gasteiger partial charge >= 0.3 is 18.2 Å². The summed E-state index contributed by atoms with van der Waals surface area (Å²) in [7, 11) is 0. The zero-order chi connectivity index (χ0) is 11.7. The lowest BCUT2D eigenvalue weighted by molar-refractivity contribution is -0.426. The van der Waals surface area contributed by atoms with Crippen LogP contribution >= 0.6 is 0 Å². The molecule has 0 saturated carbocycles. The number of rotatable bonds is 4. The molecule has 1 aliphatic rings. The number of cyclic esters (lactones) is 2. The molecule has 0 aromatic carbocycles. The fourth-order valence-corrected chi connectivity index (χ4v) is 0.927. The van der Waals surface area contributed by atoms with Crippen LogP contribution in [0, 0.1) is 0 Å². The Labute approximate surface area is 79.8 Å². The van der Waals surface area contributed by atoms with E-state index in [1.54, 1.807) is 0 Å². The number of carbonyl (C=O) groups excluding carboxylic acids is 1. The molecule has 1 aliphatic heterocycles. The van der Waals surface area contributed by atoms with Crippen LogP contribution in [0.3, 0.4) is 0 Å². The second-order valence-electron chi connectivity index (χ2n) is 2.80. The van der Waals surface area contributed by atoms with E-state index in [0.717, 1.165) is 0 Å². The molecule has 15 heavy (non-hydrogen) atoms. The highest BCUT2D eigenvalue weighted by Gasteiger charge is 2.61. The molecule has 0 amide bonds. The second-order valence-corrected chi connectivity index (χ2v) is 2.80. The van der Waals surface area contributed by atoms with E-state index in [-0.39, 0.29) is 0 Å². The fraction of sp³-hybridized carbons (Fsp3) is 0.833. The van der Waals surface area contributed by atoms with Crippen LogP contribution in [0.2, 0.25) is 0 Å². The Kier molecular flexibility index (Phi) is 3.03. The van der Waals surface area contributed by atoms with Crippen LogP contribution in [0.25, 0.3) is 0 Å². The molecular weight excluding hydrogens is 231 g/mol. The predicted octanol–water partition coefficient (Wildman–Crippen LogP) is 2.04. The maximum absolute atomic E-state index is 12.6. The predicted molar refractivity (Wildman–Crippen MR) is 32.9 cm³/mol. The van der Waals surface area contributed by atoms with Crippen molar-refractivity contribution in [3.63, 3.8) is 0 Å². The van der Waals surface area contributed by atoms with Crippen LogP contribution in [0.5, 0.6) is 0 Å². The summed E-state index contributed by atoms with van der Waals surface area (Å²) in [4.78, 5) is 12.2. The average molecular weight is 236 g/mol. The molecule has 0 spiro atoms. The third kappa shape index (κ3) is 2.46. The first kappa shape index (κ1) is 12.0. The van der Waals surface area contributed by atoms with E-state index in [1.807, 2.05) is 4.94 Å². The minimum atomic E-state index is -5.26. The largest absolute Gasteiger partial charge is 0.508 e. The number of ether oxygens (including phenoxy) is 2. The smallest absolute Gasteiger partial charge is 0.430 e. The highest BCUT2D eigenvalue weighted by Crippen LogP contribution is 2.40. The van der Waals surface area contributed by atoms with Gasteiger partial charge in [-0.15, -0.1) is 4.94 Å². The highest BCUT2D eigenvalue weighted by molar-refractivity contribution is 5.61. The Morgan fingerprint density at radius 3 is 2.40 bits per heavy atom. The number of alkyl halides is 4. The lowest BCUT2D eigenvalue weighted by atomic mass is 10.1. The standard InChI is InChI=1S/C6H5F5O4/c7-5(8,6(9,10)15-11)1-3-2-13-4(12)14-3/h3H,1-2H2. The van der Waals surface area contributed by atoms with Gasteiger partial charge in [-0.1, -0.05) is 0 Å². The van der Waals surface area contributed by atoms with E-state index in [2.05, 4.69) is 9.47 Å². The van der Waals surface area contributed by atoms with Crippen LogP contribution in [0.1, 0.15) is 6.42 Å². The Balaban J connectivity index is 2.59. The highest BCUT2D eigenvalue weighted by atomic mass is 19.4. The molecule has 1 rings (SSSR count). The van der Waals surface area contributed by atoms with Gasteiger partial charge < -0.3 is 9.47 Å². The van der Waals surface area contributed by atoms with E-state index >= 15 is 0 Å². The van der Waals surface area contributed by atoms with Crippen molar-refractivity contribution >= 4 is 6.16 Å². The Morgan fingerprint density at radius 1 is 1.40 bits per heavy atom. The second kappa shape index (κ2) is 3.80. The van der Waals surface area contributed by atoms with Gasteiger partial charge in [-0.3, -0.25) is 0 Å². The summed E-state index contributed by atoms with van der Waals surface area (Å²) in [6.45, 7) is -0.587. The number of halogens is 5. The van der Waals surface area contributed by atoms with Gasteiger partial charge in [0.05, 0.1) is 6.42 Å². The number of hydrogen-bond donors (Lipinski definition) is 0. The lowest BCUT2D eigenvalue weighted by Gasteiger charge is -2.23. The van der Waals surface area contributed by atoms with E-state index in [4.69, 9.17) is 0 Å². The molecular formula is C6H5F5O4. The molecule has 9 heteroatoms. The summed E-state index contributed by atoms with van der Waals surface area (Å²) >= 11 is 0. The van der Waals surface area contributed by atoms with Gasteiger partial charge in [0.2, 0.25) is 0 Å². The minimum absolute atomic E-state index is 0.587.